The Hall–Kier alpha value is -3.23. The van der Waals surface area contributed by atoms with Gasteiger partial charge in [0.05, 0.1) is 10.5 Å². The van der Waals surface area contributed by atoms with Crippen LogP contribution < -0.4 is 10.1 Å². The maximum absolute atomic E-state index is 13.1. The number of sulfonamides is 1. The zero-order valence-electron chi connectivity index (χ0n) is 18.0. The van der Waals surface area contributed by atoms with Crippen LogP contribution in [0.15, 0.2) is 83.8 Å². The van der Waals surface area contributed by atoms with E-state index in [9.17, 15) is 17.6 Å². The smallest absolute Gasteiger partial charge is 0.255 e. The van der Waals surface area contributed by atoms with Gasteiger partial charge in [0.25, 0.3) is 5.91 Å². The summed E-state index contributed by atoms with van der Waals surface area (Å²) in [6, 6.07) is 21.4. The van der Waals surface area contributed by atoms with Crippen molar-refractivity contribution in [3.8, 4) is 5.75 Å². The molecule has 0 spiro atoms. The molecule has 0 saturated carbocycles. The fourth-order valence-electron chi connectivity index (χ4n) is 3.77. The predicted molar refractivity (Wildman–Crippen MR) is 123 cm³/mol. The van der Waals surface area contributed by atoms with E-state index in [0.717, 1.165) is 17.7 Å². The Morgan fingerprint density at radius 3 is 2.27 bits per heavy atom. The van der Waals surface area contributed by atoms with E-state index in [1.807, 2.05) is 36.4 Å². The minimum absolute atomic E-state index is 0.0656. The molecule has 3 aromatic carbocycles. The number of halogens is 1. The van der Waals surface area contributed by atoms with Gasteiger partial charge < -0.3 is 10.1 Å². The summed E-state index contributed by atoms with van der Waals surface area (Å²) in [4.78, 5) is 13.0. The molecule has 0 atom stereocenters. The monoisotopic (exact) mass is 468 g/mol. The first kappa shape index (κ1) is 22.9. The molecule has 0 bridgehead atoms. The van der Waals surface area contributed by atoms with Crippen LogP contribution in [0.3, 0.4) is 0 Å². The number of nitrogens with zero attached hydrogens (tertiary/aromatic N) is 1. The van der Waals surface area contributed by atoms with Crippen molar-refractivity contribution in [2.75, 3.05) is 13.1 Å². The standard InChI is InChI=1S/C25H25FN2O4S/c26-20-10-12-22(13-11-20)33(30,31)28-16-14-21(15-17-28)27-25(29)23-8-4-5-9-24(23)32-18-19-6-2-1-3-7-19/h1-13,21H,14-18H2,(H,27,29). The summed E-state index contributed by atoms with van der Waals surface area (Å²) < 4.78 is 46.0. The van der Waals surface area contributed by atoms with Gasteiger partial charge >= 0.3 is 0 Å². The van der Waals surface area contributed by atoms with Crippen molar-refractivity contribution in [1.29, 1.82) is 0 Å². The first-order chi connectivity index (χ1) is 15.9. The molecule has 33 heavy (non-hydrogen) atoms. The fraction of sp³-hybridized carbons (Fsp3) is 0.240. The lowest BCUT2D eigenvalue weighted by atomic mass is 10.1. The van der Waals surface area contributed by atoms with Gasteiger partial charge in [-0.15, -0.1) is 0 Å². The third kappa shape index (κ3) is 5.58. The quantitative estimate of drug-likeness (QED) is 0.569. The van der Waals surface area contributed by atoms with Gasteiger partial charge in [-0.2, -0.15) is 4.31 Å². The average Bonchev–Trinajstić information content (AvgIpc) is 2.84. The summed E-state index contributed by atoms with van der Waals surface area (Å²) in [5.74, 6) is -0.239. The van der Waals surface area contributed by atoms with Gasteiger partial charge in [0.2, 0.25) is 10.0 Å². The highest BCUT2D eigenvalue weighted by molar-refractivity contribution is 7.89. The van der Waals surface area contributed by atoms with Gasteiger partial charge in [0.1, 0.15) is 18.2 Å². The van der Waals surface area contributed by atoms with Crippen LogP contribution >= 0.6 is 0 Å². The van der Waals surface area contributed by atoms with Crippen LogP contribution in [0.25, 0.3) is 0 Å². The van der Waals surface area contributed by atoms with Crippen molar-refractivity contribution >= 4 is 15.9 Å². The maximum Gasteiger partial charge on any atom is 0.255 e. The minimum atomic E-state index is -3.69. The van der Waals surface area contributed by atoms with Crippen molar-refractivity contribution in [3.63, 3.8) is 0 Å². The molecule has 1 N–H and O–H groups in total. The largest absolute Gasteiger partial charge is 0.488 e. The van der Waals surface area contributed by atoms with Crippen molar-refractivity contribution in [2.24, 2.45) is 0 Å². The maximum atomic E-state index is 13.1. The number of benzene rings is 3. The number of rotatable bonds is 7. The van der Waals surface area contributed by atoms with Crippen molar-refractivity contribution < 1.29 is 22.3 Å². The summed E-state index contributed by atoms with van der Waals surface area (Å²) in [5.41, 5.74) is 1.44. The zero-order chi connectivity index (χ0) is 23.3. The highest BCUT2D eigenvalue weighted by Crippen LogP contribution is 2.23. The van der Waals surface area contributed by atoms with E-state index in [1.165, 1.54) is 16.4 Å². The van der Waals surface area contributed by atoms with E-state index < -0.39 is 15.8 Å². The predicted octanol–water partition coefficient (Wildman–Crippen LogP) is 3.99. The normalized spacial score (nSPS) is 15.2. The molecule has 0 radical (unpaired) electrons. The second-order valence-electron chi connectivity index (χ2n) is 7.88. The summed E-state index contributed by atoms with van der Waals surface area (Å²) in [6.45, 7) is 0.901. The zero-order valence-corrected chi connectivity index (χ0v) is 18.8. The van der Waals surface area contributed by atoms with Gasteiger partial charge in [0.15, 0.2) is 0 Å². The van der Waals surface area contributed by atoms with Crippen LogP contribution in [0.2, 0.25) is 0 Å². The summed E-state index contributed by atoms with van der Waals surface area (Å²) in [5, 5.41) is 3.00. The molecule has 0 aromatic heterocycles. The first-order valence-electron chi connectivity index (χ1n) is 10.8. The Morgan fingerprint density at radius 2 is 1.58 bits per heavy atom. The van der Waals surface area contributed by atoms with E-state index >= 15 is 0 Å². The van der Waals surface area contributed by atoms with Crippen LogP contribution in [0.5, 0.6) is 5.75 Å². The van der Waals surface area contributed by atoms with E-state index in [-0.39, 0.29) is 29.9 Å². The Morgan fingerprint density at radius 1 is 0.939 bits per heavy atom. The topological polar surface area (TPSA) is 75.7 Å². The number of hydrogen-bond donors (Lipinski definition) is 1. The number of piperidine rings is 1. The minimum Gasteiger partial charge on any atom is -0.488 e. The lowest BCUT2D eigenvalue weighted by molar-refractivity contribution is 0.0919. The third-order valence-corrected chi connectivity index (χ3v) is 7.52. The number of para-hydroxylation sites is 1. The fourth-order valence-corrected chi connectivity index (χ4v) is 5.24. The second-order valence-corrected chi connectivity index (χ2v) is 9.81. The molecule has 1 amide bonds. The SMILES string of the molecule is O=C(NC1CCN(S(=O)(=O)c2ccc(F)cc2)CC1)c1ccccc1OCc1ccccc1. The summed E-state index contributed by atoms with van der Waals surface area (Å²) in [6.07, 6.45) is 0.971. The molecular formula is C25H25FN2O4S. The van der Waals surface area contributed by atoms with Gasteiger partial charge in [-0.1, -0.05) is 42.5 Å². The van der Waals surface area contributed by atoms with E-state index in [4.69, 9.17) is 4.74 Å². The molecule has 1 aliphatic heterocycles. The number of hydrogen-bond acceptors (Lipinski definition) is 4. The molecule has 6 nitrogen and oxygen atoms in total. The average molecular weight is 469 g/mol. The number of ether oxygens (including phenoxy) is 1. The molecule has 0 unspecified atom stereocenters. The molecule has 4 rings (SSSR count). The molecule has 8 heteroatoms. The van der Waals surface area contributed by atoms with Crippen LogP contribution in [-0.4, -0.2) is 37.8 Å². The van der Waals surface area contributed by atoms with Crippen LogP contribution in [0.4, 0.5) is 4.39 Å². The van der Waals surface area contributed by atoms with E-state index in [0.29, 0.717) is 30.8 Å². The van der Waals surface area contributed by atoms with Gasteiger partial charge in [0, 0.05) is 19.1 Å². The highest BCUT2D eigenvalue weighted by Gasteiger charge is 2.30. The molecule has 3 aromatic rings. The molecule has 172 valence electrons. The van der Waals surface area contributed by atoms with E-state index in [1.54, 1.807) is 18.2 Å². The summed E-state index contributed by atoms with van der Waals surface area (Å²) >= 11 is 0. The second kappa shape index (κ2) is 10.1. The van der Waals surface area contributed by atoms with Crippen LogP contribution in [0.1, 0.15) is 28.8 Å². The Labute approximate surface area is 193 Å². The Kier molecular flexibility index (Phi) is 7.05. The van der Waals surface area contributed by atoms with Gasteiger partial charge in [-0.3, -0.25) is 4.79 Å². The lowest BCUT2D eigenvalue weighted by Gasteiger charge is -2.31. The highest BCUT2D eigenvalue weighted by atomic mass is 32.2. The molecule has 1 aliphatic rings. The number of amides is 1. The Bertz CT molecular complexity index is 1190. The molecular weight excluding hydrogens is 443 g/mol. The summed E-state index contributed by atoms with van der Waals surface area (Å²) in [7, 11) is -3.69. The van der Waals surface area contributed by atoms with Gasteiger partial charge in [-0.25, -0.2) is 12.8 Å². The van der Waals surface area contributed by atoms with Crippen LogP contribution in [-0.2, 0) is 16.6 Å². The molecule has 0 aliphatic carbocycles. The number of carbonyl (C=O) groups excluding carboxylic acids is 1. The van der Waals surface area contributed by atoms with Crippen molar-refractivity contribution in [3.05, 3.63) is 95.8 Å². The van der Waals surface area contributed by atoms with E-state index in [2.05, 4.69) is 5.32 Å². The number of nitrogens with one attached hydrogen (secondary N) is 1. The number of carbonyl (C=O) groups is 1. The third-order valence-electron chi connectivity index (χ3n) is 5.61. The first-order valence-corrected chi connectivity index (χ1v) is 12.2. The van der Waals surface area contributed by atoms with Gasteiger partial charge in [-0.05, 0) is 54.8 Å². The molecule has 1 heterocycles. The molecule has 1 fully saturated rings. The van der Waals surface area contributed by atoms with Crippen LogP contribution in [0, 0.1) is 5.82 Å². The van der Waals surface area contributed by atoms with Crippen molar-refractivity contribution in [1.82, 2.24) is 9.62 Å². The Balaban J connectivity index is 1.35. The van der Waals surface area contributed by atoms with Crippen molar-refractivity contribution in [2.45, 2.75) is 30.4 Å². The lowest BCUT2D eigenvalue weighted by Crippen LogP contribution is -2.46. The molecule has 1 saturated heterocycles.